The molecular formula is C27H33N3O2. The maximum atomic E-state index is 6.20. The molecule has 4 rings (SSSR count). The van der Waals surface area contributed by atoms with Gasteiger partial charge in [0, 0.05) is 38.3 Å². The van der Waals surface area contributed by atoms with Crippen molar-refractivity contribution < 1.29 is 9.47 Å². The summed E-state index contributed by atoms with van der Waals surface area (Å²) >= 11 is 0. The normalized spacial score (nSPS) is 17.4. The highest BCUT2D eigenvalue weighted by molar-refractivity contribution is 5.37. The van der Waals surface area contributed by atoms with Crippen molar-refractivity contribution in [3.05, 3.63) is 89.7 Å². The van der Waals surface area contributed by atoms with Crippen molar-refractivity contribution in [3.8, 4) is 11.5 Å². The van der Waals surface area contributed by atoms with Crippen LogP contribution in [0.4, 0.5) is 0 Å². The summed E-state index contributed by atoms with van der Waals surface area (Å²) < 4.78 is 11.5. The van der Waals surface area contributed by atoms with Gasteiger partial charge >= 0.3 is 0 Å². The van der Waals surface area contributed by atoms with Crippen LogP contribution < -0.4 is 9.47 Å². The molecule has 1 saturated heterocycles. The summed E-state index contributed by atoms with van der Waals surface area (Å²) in [4.78, 5) is 9.65. The third-order valence-corrected chi connectivity index (χ3v) is 5.86. The van der Waals surface area contributed by atoms with E-state index in [1.165, 1.54) is 11.1 Å². The van der Waals surface area contributed by atoms with E-state index in [9.17, 15) is 0 Å². The Bertz CT molecular complexity index is 976. The fraction of sp³-hybridized carbons (Fsp3) is 0.370. The summed E-state index contributed by atoms with van der Waals surface area (Å²) in [5.74, 6) is 1.77. The Morgan fingerprint density at radius 1 is 0.938 bits per heavy atom. The van der Waals surface area contributed by atoms with Crippen molar-refractivity contribution in [2.24, 2.45) is 0 Å². The molecule has 0 aliphatic carbocycles. The molecule has 5 heteroatoms. The highest BCUT2D eigenvalue weighted by atomic mass is 16.5. The predicted molar refractivity (Wildman–Crippen MR) is 128 cm³/mol. The molecule has 0 bridgehead atoms. The summed E-state index contributed by atoms with van der Waals surface area (Å²) in [5, 5.41) is 0. The zero-order valence-corrected chi connectivity index (χ0v) is 19.3. The van der Waals surface area contributed by atoms with Gasteiger partial charge in [-0.15, -0.1) is 0 Å². The van der Waals surface area contributed by atoms with E-state index >= 15 is 0 Å². The van der Waals surface area contributed by atoms with Crippen LogP contribution in [0.2, 0.25) is 0 Å². The van der Waals surface area contributed by atoms with Crippen LogP contribution in [0.3, 0.4) is 0 Å². The van der Waals surface area contributed by atoms with Crippen LogP contribution >= 0.6 is 0 Å². The monoisotopic (exact) mass is 431 g/mol. The maximum absolute atomic E-state index is 6.20. The van der Waals surface area contributed by atoms with Crippen molar-refractivity contribution in [3.63, 3.8) is 0 Å². The Labute approximate surface area is 191 Å². The van der Waals surface area contributed by atoms with Gasteiger partial charge in [0.2, 0.25) is 0 Å². The van der Waals surface area contributed by atoms with Crippen LogP contribution in [0.5, 0.6) is 11.5 Å². The number of ether oxygens (including phenoxy) is 2. The highest BCUT2D eigenvalue weighted by Gasteiger charge is 2.30. The molecule has 0 amide bonds. The molecule has 0 radical (unpaired) electrons. The summed E-state index contributed by atoms with van der Waals surface area (Å²) in [6.07, 6.45) is 1.94. The molecule has 2 heterocycles. The second-order valence-electron chi connectivity index (χ2n) is 8.60. The molecule has 32 heavy (non-hydrogen) atoms. The van der Waals surface area contributed by atoms with Crippen molar-refractivity contribution in [2.75, 3.05) is 26.7 Å². The standard InChI is InChI=1S/C27H33N3O2/c1-21(2)32-27-12-8-7-11-25(27)26-20-29(19-23-13-14-24(31-3)17-28-23)15-16-30(26)18-22-9-5-4-6-10-22/h4-14,17,21,26H,15-16,18-20H2,1-3H3/t26-/m1/s1. The zero-order valence-electron chi connectivity index (χ0n) is 19.3. The van der Waals surface area contributed by atoms with E-state index in [-0.39, 0.29) is 12.1 Å². The lowest BCUT2D eigenvalue weighted by Gasteiger charge is -2.42. The number of methoxy groups -OCH3 is 1. The van der Waals surface area contributed by atoms with Crippen LogP contribution in [0.25, 0.3) is 0 Å². The smallest absolute Gasteiger partial charge is 0.137 e. The van der Waals surface area contributed by atoms with E-state index in [1.807, 2.05) is 6.07 Å². The number of pyridine rings is 1. The van der Waals surface area contributed by atoms with E-state index in [0.29, 0.717) is 0 Å². The van der Waals surface area contributed by atoms with Crippen molar-refractivity contribution in [1.29, 1.82) is 0 Å². The average molecular weight is 432 g/mol. The van der Waals surface area contributed by atoms with Gasteiger partial charge in [-0.2, -0.15) is 0 Å². The Morgan fingerprint density at radius 2 is 1.72 bits per heavy atom. The van der Waals surface area contributed by atoms with Gasteiger partial charge < -0.3 is 9.47 Å². The van der Waals surface area contributed by atoms with Gasteiger partial charge in [-0.25, -0.2) is 0 Å². The second-order valence-corrected chi connectivity index (χ2v) is 8.60. The Balaban J connectivity index is 1.57. The van der Waals surface area contributed by atoms with E-state index in [2.05, 4.69) is 89.3 Å². The van der Waals surface area contributed by atoms with Gasteiger partial charge in [-0.3, -0.25) is 14.8 Å². The van der Waals surface area contributed by atoms with Crippen molar-refractivity contribution in [2.45, 2.75) is 39.1 Å². The molecule has 0 spiro atoms. The maximum Gasteiger partial charge on any atom is 0.137 e. The largest absolute Gasteiger partial charge is 0.495 e. The molecule has 0 N–H and O–H groups in total. The second kappa shape index (κ2) is 10.6. The minimum absolute atomic E-state index is 0.141. The fourth-order valence-electron chi connectivity index (χ4n) is 4.29. The van der Waals surface area contributed by atoms with Crippen molar-refractivity contribution >= 4 is 0 Å². The number of hydrogen-bond acceptors (Lipinski definition) is 5. The fourth-order valence-corrected chi connectivity index (χ4v) is 4.29. The number of aromatic nitrogens is 1. The molecule has 1 atom stereocenters. The minimum atomic E-state index is 0.141. The quantitative estimate of drug-likeness (QED) is 0.505. The molecule has 3 aromatic rings. The van der Waals surface area contributed by atoms with E-state index in [0.717, 1.165) is 49.9 Å². The lowest BCUT2D eigenvalue weighted by molar-refractivity contribution is 0.0606. The molecule has 1 aliphatic rings. The predicted octanol–water partition coefficient (Wildman–Crippen LogP) is 4.94. The van der Waals surface area contributed by atoms with E-state index < -0.39 is 0 Å². The number of hydrogen-bond donors (Lipinski definition) is 0. The van der Waals surface area contributed by atoms with Gasteiger partial charge in [0.05, 0.1) is 31.1 Å². The lowest BCUT2D eigenvalue weighted by atomic mass is 9.99. The zero-order chi connectivity index (χ0) is 22.3. The topological polar surface area (TPSA) is 37.8 Å². The van der Waals surface area contributed by atoms with Gasteiger partial charge in [0.25, 0.3) is 0 Å². The Morgan fingerprint density at radius 3 is 2.44 bits per heavy atom. The summed E-state index contributed by atoms with van der Waals surface area (Å²) in [6, 6.07) is 23.5. The van der Waals surface area contributed by atoms with Crippen LogP contribution in [0.1, 0.15) is 36.7 Å². The first-order valence-electron chi connectivity index (χ1n) is 11.4. The van der Waals surface area contributed by atoms with Crippen LogP contribution in [0, 0.1) is 0 Å². The van der Waals surface area contributed by atoms with Gasteiger partial charge in [0.1, 0.15) is 11.5 Å². The van der Waals surface area contributed by atoms with Gasteiger partial charge in [-0.05, 0) is 37.6 Å². The molecule has 1 fully saturated rings. The molecule has 2 aromatic carbocycles. The number of para-hydroxylation sites is 1. The summed E-state index contributed by atoms with van der Waals surface area (Å²) in [5.41, 5.74) is 3.65. The average Bonchev–Trinajstić information content (AvgIpc) is 2.81. The Kier molecular flexibility index (Phi) is 7.40. The number of rotatable bonds is 8. The molecule has 0 unspecified atom stereocenters. The molecule has 168 valence electrons. The number of benzene rings is 2. The molecule has 0 saturated carbocycles. The molecule has 1 aliphatic heterocycles. The highest BCUT2D eigenvalue weighted by Crippen LogP contribution is 2.34. The SMILES string of the molecule is COc1ccc(CN2CCN(Cc3ccccc3)[C@@H](c3ccccc3OC(C)C)C2)nc1. The van der Waals surface area contributed by atoms with E-state index in [4.69, 9.17) is 9.47 Å². The first-order valence-corrected chi connectivity index (χ1v) is 11.4. The Hall–Kier alpha value is -2.89. The van der Waals surface area contributed by atoms with Gasteiger partial charge in [-0.1, -0.05) is 48.5 Å². The summed E-state index contributed by atoms with van der Waals surface area (Å²) in [6.45, 7) is 8.85. The number of nitrogens with zero attached hydrogens (tertiary/aromatic N) is 3. The summed E-state index contributed by atoms with van der Waals surface area (Å²) in [7, 11) is 1.67. The van der Waals surface area contributed by atoms with Crippen LogP contribution in [-0.2, 0) is 13.1 Å². The van der Waals surface area contributed by atoms with Crippen LogP contribution in [-0.4, -0.2) is 47.6 Å². The first-order chi connectivity index (χ1) is 15.6. The third-order valence-electron chi connectivity index (χ3n) is 5.86. The van der Waals surface area contributed by atoms with Crippen LogP contribution in [0.15, 0.2) is 72.9 Å². The number of piperazine rings is 1. The molecule has 5 nitrogen and oxygen atoms in total. The molecule has 1 aromatic heterocycles. The van der Waals surface area contributed by atoms with Crippen molar-refractivity contribution in [1.82, 2.24) is 14.8 Å². The first kappa shape index (κ1) is 22.3. The van der Waals surface area contributed by atoms with E-state index in [1.54, 1.807) is 13.3 Å². The molecular weight excluding hydrogens is 398 g/mol. The lowest BCUT2D eigenvalue weighted by Crippen LogP contribution is -2.47. The van der Waals surface area contributed by atoms with Gasteiger partial charge in [0.15, 0.2) is 0 Å². The third kappa shape index (κ3) is 5.67. The minimum Gasteiger partial charge on any atom is -0.495 e.